The summed E-state index contributed by atoms with van der Waals surface area (Å²) in [5, 5.41) is 6.61. The quantitative estimate of drug-likeness (QED) is 0.353. The molecule has 1 aliphatic rings. The highest BCUT2D eigenvalue weighted by Crippen LogP contribution is 2.31. The van der Waals surface area contributed by atoms with Crippen LogP contribution in [0, 0.1) is 5.92 Å². The van der Waals surface area contributed by atoms with Gasteiger partial charge < -0.3 is 20.3 Å². The second-order valence-corrected chi connectivity index (χ2v) is 8.67. The Morgan fingerprint density at radius 2 is 1.82 bits per heavy atom. The highest BCUT2D eigenvalue weighted by Gasteiger charge is 2.33. The summed E-state index contributed by atoms with van der Waals surface area (Å²) in [6.45, 7) is 6.20. The van der Waals surface area contributed by atoms with Crippen molar-refractivity contribution in [3.63, 3.8) is 0 Å². The number of carbonyl (C=O) groups is 2. The first-order chi connectivity index (χ1) is 15.8. The molecule has 6 nitrogen and oxygen atoms in total. The van der Waals surface area contributed by atoms with Crippen molar-refractivity contribution in [1.82, 2.24) is 10.2 Å². The molecule has 0 fully saturated rings. The van der Waals surface area contributed by atoms with Gasteiger partial charge in [-0.15, -0.1) is 0 Å². The molecule has 0 saturated heterocycles. The van der Waals surface area contributed by atoms with E-state index in [4.69, 9.17) is 17.0 Å². The summed E-state index contributed by atoms with van der Waals surface area (Å²) >= 11 is 5.44. The number of amides is 1. The number of nitrogens with zero attached hydrogens (tertiary/aromatic N) is 1. The Balaban J connectivity index is 1.76. The van der Waals surface area contributed by atoms with E-state index in [0.717, 1.165) is 16.8 Å². The average Bonchev–Trinajstić information content (AvgIpc) is 2.80. The van der Waals surface area contributed by atoms with Crippen LogP contribution in [0.15, 0.2) is 71.9 Å². The highest BCUT2D eigenvalue weighted by atomic mass is 32.1. The number of rotatable bonds is 7. The third kappa shape index (κ3) is 6.29. The van der Waals surface area contributed by atoms with Gasteiger partial charge >= 0.3 is 5.97 Å². The van der Waals surface area contributed by atoms with Crippen molar-refractivity contribution in [1.29, 1.82) is 0 Å². The number of carbonyl (C=O) groups excluding carboxylic acids is 2. The number of allylic oxidation sites excluding steroid dienone is 1. The minimum Gasteiger partial charge on any atom is -0.462 e. The van der Waals surface area contributed by atoms with E-state index in [1.54, 1.807) is 23.1 Å². The topological polar surface area (TPSA) is 70.7 Å². The monoisotopic (exact) mass is 463 g/mol. The second kappa shape index (κ2) is 10.9. The molecule has 1 unspecified atom stereocenters. The van der Waals surface area contributed by atoms with E-state index in [9.17, 15) is 9.59 Å². The molecule has 7 heteroatoms. The summed E-state index contributed by atoms with van der Waals surface area (Å²) in [5.74, 6) is -0.349. The van der Waals surface area contributed by atoms with Crippen LogP contribution in [-0.4, -0.2) is 35.5 Å². The summed E-state index contributed by atoms with van der Waals surface area (Å²) < 4.78 is 5.52. The number of thiocarbonyl (C=S) groups is 1. The molecular formula is C26H29N3O3S. The first-order valence-electron chi connectivity index (χ1n) is 10.8. The largest absolute Gasteiger partial charge is 0.462 e. The average molecular weight is 464 g/mol. The molecule has 2 N–H and O–H groups in total. The molecule has 0 radical (unpaired) electrons. The molecule has 0 saturated carbocycles. The third-order valence-electron chi connectivity index (χ3n) is 5.26. The van der Waals surface area contributed by atoms with Gasteiger partial charge in [0.1, 0.15) is 0 Å². The van der Waals surface area contributed by atoms with E-state index in [2.05, 4.69) is 10.6 Å². The van der Waals surface area contributed by atoms with Gasteiger partial charge in [-0.1, -0.05) is 56.3 Å². The minimum absolute atomic E-state index is 0.223. The zero-order valence-corrected chi connectivity index (χ0v) is 20.1. The minimum atomic E-state index is -0.434. The van der Waals surface area contributed by atoms with E-state index in [0.29, 0.717) is 23.0 Å². The lowest BCUT2D eigenvalue weighted by atomic mass is 9.95. The summed E-state index contributed by atoms with van der Waals surface area (Å²) in [6.07, 6.45) is 3.25. The lowest BCUT2D eigenvalue weighted by Crippen LogP contribution is -2.46. The first kappa shape index (κ1) is 24.2. The Bertz CT molecular complexity index is 1080. The number of ether oxygens (including phenoxy) is 1. The molecule has 1 atom stereocenters. The molecule has 0 bridgehead atoms. The van der Waals surface area contributed by atoms with Crippen LogP contribution >= 0.6 is 12.2 Å². The summed E-state index contributed by atoms with van der Waals surface area (Å²) in [7, 11) is 1.82. The van der Waals surface area contributed by atoms with Crippen LogP contribution in [0.5, 0.6) is 0 Å². The highest BCUT2D eigenvalue weighted by molar-refractivity contribution is 7.80. The van der Waals surface area contributed by atoms with E-state index >= 15 is 0 Å². The second-order valence-electron chi connectivity index (χ2n) is 8.29. The van der Waals surface area contributed by atoms with Crippen LogP contribution in [0.25, 0.3) is 6.08 Å². The van der Waals surface area contributed by atoms with Crippen LogP contribution in [-0.2, 0) is 14.3 Å². The molecule has 0 spiro atoms. The van der Waals surface area contributed by atoms with Gasteiger partial charge in [0, 0.05) is 24.5 Å². The standard InChI is InChI=1S/C26H29N3O3S/c1-17(2)16-32-25(31)23-18(3)29(4)26(33)28-24(23)20-11-13-21(14-12-20)27-22(30)15-10-19-8-6-5-7-9-19/h5-15,17,24H,16H2,1-4H3,(H,27,30)(H,28,33). The molecule has 1 aliphatic heterocycles. The number of hydrogen-bond acceptors (Lipinski definition) is 4. The molecule has 172 valence electrons. The first-order valence-corrected chi connectivity index (χ1v) is 11.2. The van der Waals surface area contributed by atoms with Crippen molar-refractivity contribution in [3.05, 3.63) is 83.1 Å². The lowest BCUT2D eigenvalue weighted by Gasteiger charge is -2.35. The molecule has 33 heavy (non-hydrogen) atoms. The molecule has 3 rings (SSSR count). The number of anilines is 1. The predicted octanol–water partition coefficient (Wildman–Crippen LogP) is 4.67. The smallest absolute Gasteiger partial charge is 0.338 e. The van der Waals surface area contributed by atoms with Crippen molar-refractivity contribution in [2.24, 2.45) is 5.92 Å². The molecular weight excluding hydrogens is 434 g/mol. The van der Waals surface area contributed by atoms with Gasteiger partial charge in [-0.25, -0.2) is 4.79 Å². The number of nitrogens with one attached hydrogen (secondary N) is 2. The maximum absolute atomic E-state index is 12.9. The summed E-state index contributed by atoms with van der Waals surface area (Å²) in [4.78, 5) is 26.9. The fourth-order valence-electron chi connectivity index (χ4n) is 3.35. The zero-order chi connectivity index (χ0) is 24.0. The predicted molar refractivity (Wildman–Crippen MR) is 135 cm³/mol. The maximum atomic E-state index is 12.9. The Morgan fingerprint density at radius 3 is 2.45 bits per heavy atom. The SMILES string of the molecule is CC1=C(C(=O)OCC(C)C)C(c2ccc(NC(=O)C=Cc3ccccc3)cc2)NC(=S)N1C. The molecule has 1 heterocycles. The van der Waals surface area contributed by atoms with E-state index in [1.165, 1.54) is 6.08 Å². The van der Waals surface area contributed by atoms with Gasteiger partial charge in [0.05, 0.1) is 18.2 Å². The van der Waals surface area contributed by atoms with E-state index < -0.39 is 6.04 Å². The number of hydrogen-bond donors (Lipinski definition) is 2. The van der Waals surface area contributed by atoms with Gasteiger partial charge in [0.15, 0.2) is 5.11 Å². The van der Waals surface area contributed by atoms with Gasteiger partial charge in [0.2, 0.25) is 5.91 Å². The fourth-order valence-corrected chi connectivity index (χ4v) is 3.60. The molecule has 0 aromatic heterocycles. The third-order valence-corrected chi connectivity index (χ3v) is 5.65. The molecule has 2 aromatic carbocycles. The molecule has 0 aliphatic carbocycles. The van der Waals surface area contributed by atoms with Crippen LogP contribution in [0.4, 0.5) is 5.69 Å². The number of benzene rings is 2. The maximum Gasteiger partial charge on any atom is 0.338 e. The fraction of sp³-hybridized carbons (Fsp3) is 0.269. The zero-order valence-electron chi connectivity index (χ0n) is 19.3. The normalized spacial score (nSPS) is 16.2. The van der Waals surface area contributed by atoms with Crippen molar-refractivity contribution >= 4 is 41.0 Å². The molecule has 1 amide bonds. The van der Waals surface area contributed by atoms with Gasteiger partial charge in [-0.2, -0.15) is 0 Å². The lowest BCUT2D eigenvalue weighted by molar-refractivity contribution is -0.140. The van der Waals surface area contributed by atoms with Crippen LogP contribution in [0.1, 0.15) is 37.9 Å². The summed E-state index contributed by atoms with van der Waals surface area (Å²) in [5.41, 5.74) is 3.72. The van der Waals surface area contributed by atoms with E-state index in [1.807, 2.05) is 70.3 Å². The van der Waals surface area contributed by atoms with Crippen molar-refractivity contribution in [2.75, 3.05) is 19.0 Å². The van der Waals surface area contributed by atoms with Crippen LogP contribution < -0.4 is 10.6 Å². The summed E-state index contributed by atoms with van der Waals surface area (Å²) in [6, 6.07) is 16.5. The van der Waals surface area contributed by atoms with Gasteiger partial charge in [-0.05, 0) is 54.4 Å². The van der Waals surface area contributed by atoms with Crippen molar-refractivity contribution in [2.45, 2.75) is 26.8 Å². The van der Waals surface area contributed by atoms with Crippen molar-refractivity contribution < 1.29 is 14.3 Å². The molecule has 2 aromatic rings. The Morgan fingerprint density at radius 1 is 1.15 bits per heavy atom. The van der Waals surface area contributed by atoms with Gasteiger partial charge in [-0.3, -0.25) is 4.79 Å². The Labute approximate surface area is 200 Å². The Kier molecular flexibility index (Phi) is 8.01. The Hall–Kier alpha value is -3.45. The van der Waals surface area contributed by atoms with Gasteiger partial charge in [0.25, 0.3) is 0 Å². The van der Waals surface area contributed by atoms with Crippen LogP contribution in [0.3, 0.4) is 0 Å². The van der Waals surface area contributed by atoms with E-state index in [-0.39, 0.29) is 17.8 Å². The van der Waals surface area contributed by atoms with Crippen molar-refractivity contribution in [3.8, 4) is 0 Å². The number of esters is 1. The van der Waals surface area contributed by atoms with Crippen LogP contribution in [0.2, 0.25) is 0 Å².